The predicted molar refractivity (Wildman–Crippen MR) is 89.4 cm³/mol. The molecule has 1 amide bonds. The van der Waals surface area contributed by atoms with Crippen LogP contribution in [0.4, 0.5) is 10.1 Å². The van der Waals surface area contributed by atoms with Gasteiger partial charge in [-0.05, 0) is 18.6 Å². The average Bonchev–Trinajstić information content (AvgIpc) is 2.97. The van der Waals surface area contributed by atoms with Gasteiger partial charge in [0, 0.05) is 17.6 Å². The summed E-state index contributed by atoms with van der Waals surface area (Å²) in [5.41, 5.74) is 0.144. The van der Waals surface area contributed by atoms with Crippen molar-refractivity contribution in [2.24, 2.45) is 4.99 Å². The highest BCUT2D eigenvalue weighted by Gasteiger charge is 2.49. The molecule has 2 fully saturated rings. The smallest absolute Gasteiger partial charge is 0.248 e. The third-order valence-electron chi connectivity index (χ3n) is 3.94. The quantitative estimate of drug-likeness (QED) is 0.716. The van der Waals surface area contributed by atoms with E-state index in [0.717, 1.165) is 11.8 Å². The minimum atomic E-state index is -3.24. The molecule has 7 nitrogen and oxygen atoms in total. The van der Waals surface area contributed by atoms with Crippen molar-refractivity contribution >= 4 is 44.3 Å². The topological polar surface area (TPSA) is 107 Å². The summed E-state index contributed by atoms with van der Waals surface area (Å²) in [6.07, 6.45) is -0.785. The molecule has 0 aliphatic carbocycles. The lowest BCUT2D eigenvalue weighted by atomic mass is 10.2. The van der Waals surface area contributed by atoms with E-state index in [9.17, 15) is 27.5 Å². The fraction of sp³-hybridized carbons (Fsp3) is 0.400. The Kier molecular flexibility index (Phi) is 4.83. The number of hydrogen-bond donors (Lipinski definition) is 0. The van der Waals surface area contributed by atoms with Crippen LogP contribution < -0.4 is 10.0 Å². The van der Waals surface area contributed by atoms with Crippen LogP contribution in [0, 0.1) is 5.82 Å². The van der Waals surface area contributed by atoms with Gasteiger partial charge in [-0.3, -0.25) is 4.79 Å². The number of hydrogen-bond acceptors (Lipinski definition) is 6. The maximum absolute atomic E-state index is 14.2. The first-order valence-corrected chi connectivity index (χ1v) is 10.2. The van der Waals surface area contributed by atoms with Gasteiger partial charge in [-0.15, -0.1) is 0 Å². The first-order chi connectivity index (χ1) is 11.8. The molecule has 0 spiro atoms. The molecular formula is C15H14FN2O5S2-. The van der Waals surface area contributed by atoms with E-state index in [1.165, 1.54) is 23.1 Å². The number of carbonyl (C=O) groups is 2. The highest BCUT2D eigenvalue weighted by molar-refractivity contribution is 8.16. The van der Waals surface area contributed by atoms with Crippen LogP contribution in [0.2, 0.25) is 0 Å². The minimum Gasteiger partial charge on any atom is -0.550 e. The molecule has 3 rings (SSSR count). The maximum atomic E-state index is 14.2. The number of thioether (sulfide) groups is 1. The summed E-state index contributed by atoms with van der Waals surface area (Å²) < 4.78 is 38.0. The number of carboxylic acids is 1. The molecule has 2 aliphatic heterocycles. The van der Waals surface area contributed by atoms with Crippen molar-refractivity contribution in [3.63, 3.8) is 0 Å². The molecule has 10 heteroatoms. The Hall–Kier alpha value is -1.94. The number of carbonyl (C=O) groups excluding carboxylic acids is 2. The van der Waals surface area contributed by atoms with Crippen LogP contribution in [0.1, 0.15) is 12.8 Å². The number of aliphatic carboxylic acids is 1. The summed E-state index contributed by atoms with van der Waals surface area (Å²) in [7, 11) is -3.24. The van der Waals surface area contributed by atoms with Crippen LogP contribution in [0.5, 0.6) is 0 Å². The molecule has 25 heavy (non-hydrogen) atoms. The van der Waals surface area contributed by atoms with Crippen LogP contribution in [0.25, 0.3) is 0 Å². The average molecular weight is 385 g/mol. The summed E-state index contributed by atoms with van der Waals surface area (Å²) in [4.78, 5) is 27.7. The standard InChI is InChI=1S/C15H15FN2O5S2/c16-9-3-1-2-4-10(9)18-11-7-25(22,23)8-12(11)24-15(18)17-13(19)5-6-14(20)21/h1-4,11-12H,5-8H2,(H,20,21)/p-1/t11-,12+/m1/s1. The summed E-state index contributed by atoms with van der Waals surface area (Å²) >= 11 is 1.10. The number of amides is 1. The first-order valence-electron chi connectivity index (χ1n) is 7.49. The highest BCUT2D eigenvalue weighted by Crippen LogP contribution is 2.41. The Morgan fingerprint density at radius 2 is 2.00 bits per heavy atom. The summed E-state index contributed by atoms with van der Waals surface area (Å²) in [5, 5.41) is 10.3. The molecule has 134 valence electrons. The van der Waals surface area contributed by atoms with Crippen molar-refractivity contribution in [2.75, 3.05) is 16.4 Å². The summed E-state index contributed by atoms with van der Waals surface area (Å²) in [5.74, 6) is -2.80. The van der Waals surface area contributed by atoms with Gasteiger partial charge in [0.1, 0.15) is 5.82 Å². The number of aliphatic imine (C=N–C) groups is 1. The lowest BCUT2D eigenvalue weighted by molar-refractivity contribution is -0.305. The van der Waals surface area contributed by atoms with Gasteiger partial charge in [-0.2, -0.15) is 4.99 Å². The number of amidine groups is 1. The Morgan fingerprint density at radius 1 is 1.28 bits per heavy atom. The Balaban J connectivity index is 1.94. The van der Waals surface area contributed by atoms with E-state index in [0.29, 0.717) is 0 Å². The van der Waals surface area contributed by atoms with Gasteiger partial charge < -0.3 is 14.8 Å². The number of fused-ring (bicyclic) bond motifs is 1. The Morgan fingerprint density at radius 3 is 2.68 bits per heavy atom. The van der Waals surface area contributed by atoms with Crippen molar-refractivity contribution in [3.05, 3.63) is 30.1 Å². The third-order valence-corrected chi connectivity index (χ3v) is 7.15. The van der Waals surface area contributed by atoms with Crippen molar-refractivity contribution in [2.45, 2.75) is 24.1 Å². The van der Waals surface area contributed by atoms with Crippen LogP contribution in [0.3, 0.4) is 0 Å². The van der Waals surface area contributed by atoms with E-state index in [2.05, 4.69) is 4.99 Å². The Labute approximate surface area is 147 Å². The van der Waals surface area contributed by atoms with Crippen LogP contribution in [-0.4, -0.2) is 48.3 Å². The van der Waals surface area contributed by atoms with E-state index in [4.69, 9.17) is 0 Å². The number of halogens is 1. The van der Waals surface area contributed by atoms with Crippen molar-refractivity contribution in [1.82, 2.24) is 0 Å². The number of para-hydroxylation sites is 1. The molecule has 1 aromatic rings. The summed E-state index contributed by atoms with van der Waals surface area (Å²) in [6.45, 7) is 0. The van der Waals surface area contributed by atoms with Crippen molar-refractivity contribution < 1.29 is 27.5 Å². The van der Waals surface area contributed by atoms with E-state index < -0.39 is 40.0 Å². The maximum Gasteiger partial charge on any atom is 0.248 e. The Bertz CT molecular complexity index is 855. The van der Waals surface area contributed by atoms with Crippen molar-refractivity contribution in [3.8, 4) is 0 Å². The largest absolute Gasteiger partial charge is 0.550 e. The number of carboxylic acid groups (broad SMARTS) is 1. The monoisotopic (exact) mass is 385 g/mol. The molecule has 1 aromatic carbocycles. The van der Waals surface area contributed by atoms with Crippen LogP contribution in [-0.2, 0) is 19.4 Å². The number of anilines is 1. The third kappa shape index (κ3) is 3.84. The van der Waals surface area contributed by atoms with Gasteiger partial charge in [-0.1, -0.05) is 23.9 Å². The molecule has 0 N–H and O–H groups in total. The number of sulfone groups is 1. The van der Waals surface area contributed by atoms with E-state index in [1.807, 2.05) is 0 Å². The molecule has 0 aromatic heterocycles. The number of nitrogens with zero attached hydrogens (tertiary/aromatic N) is 2. The van der Waals surface area contributed by atoms with Gasteiger partial charge in [0.15, 0.2) is 15.0 Å². The van der Waals surface area contributed by atoms with Gasteiger partial charge >= 0.3 is 0 Å². The zero-order chi connectivity index (χ0) is 18.2. The van der Waals surface area contributed by atoms with Crippen LogP contribution in [0.15, 0.2) is 29.3 Å². The molecule has 0 bridgehead atoms. The molecule has 2 aliphatic rings. The molecule has 2 atom stereocenters. The zero-order valence-corrected chi connectivity index (χ0v) is 14.6. The second-order valence-corrected chi connectivity index (χ2v) is 9.14. The zero-order valence-electron chi connectivity index (χ0n) is 12.9. The summed E-state index contributed by atoms with van der Waals surface area (Å²) in [6, 6.07) is 5.33. The first kappa shape index (κ1) is 17.9. The van der Waals surface area contributed by atoms with Crippen LogP contribution >= 0.6 is 11.8 Å². The molecule has 2 heterocycles. The minimum absolute atomic E-state index is 0.0699. The lowest BCUT2D eigenvalue weighted by Gasteiger charge is -2.24. The number of rotatable bonds is 4. The fourth-order valence-electron chi connectivity index (χ4n) is 2.86. The molecule has 0 radical (unpaired) electrons. The van der Waals surface area contributed by atoms with Gasteiger partial charge in [-0.25, -0.2) is 12.8 Å². The SMILES string of the molecule is O=C([O-])CCC(=O)N=C1S[C@H]2CS(=O)(=O)C[C@H]2N1c1ccccc1F. The van der Waals surface area contributed by atoms with E-state index in [-0.39, 0.29) is 34.0 Å². The van der Waals surface area contributed by atoms with Gasteiger partial charge in [0.25, 0.3) is 0 Å². The van der Waals surface area contributed by atoms with Crippen molar-refractivity contribution in [1.29, 1.82) is 0 Å². The van der Waals surface area contributed by atoms with Gasteiger partial charge in [0.2, 0.25) is 5.91 Å². The van der Waals surface area contributed by atoms with E-state index >= 15 is 0 Å². The molecule has 0 unspecified atom stereocenters. The molecular weight excluding hydrogens is 371 g/mol. The second-order valence-electron chi connectivity index (χ2n) is 5.78. The predicted octanol–water partition coefficient (Wildman–Crippen LogP) is -0.0428. The molecule has 0 saturated carbocycles. The normalized spacial score (nSPS) is 26.0. The van der Waals surface area contributed by atoms with Gasteiger partial charge in [0.05, 0.1) is 23.2 Å². The molecule has 2 saturated heterocycles. The lowest BCUT2D eigenvalue weighted by Crippen LogP contribution is -2.38. The van der Waals surface area contributed by atoms with E-state index in [1.54, 1.807) is 6.07 Å². The number of benzene rings is 1. The highest BCUT2D eigenvalue weighted by atomic mass is 32.2. The second kappa shape index (κ2) is 6.75. The fourth-order valence-corrected chi connectivity index (χ4v) is 6.79.